The molecular formula is C20H17N5O2. The largest absolute Gasteiger partial charge is 0.421 e. The molecule has 2 heterocycles. The van der Waals surface area contributed by atoms with Gasteiger partial charge in [0.25, 0.3) is 0 Å². The number of anilines is 1. The molecule has 2 aromatic carbocycles. The lowest BCUT2D eigenvalue weighted by Crippen LogP contribution is -2.30. The van der Waals surface area contributed by atoms with Gasteiger partial charge in [-0.1, -0.05) is 30.3 Å². The maximum atomic E-state index is 12.2. The van der Waals surface area contributed by atoms with Gasteiger partial charge in [0.15, 0.2) is 0 Å². The van der Waals surface area contributed by atoms with E-state index < -0.39 is 0 Å². The van der Waals surface area contributed by atoms with Crippen LogP contribution in [0.2, 0.25) is 0 Å². The Labute approximate surface area is 155 Å². The first-order valence-electron chi connectivity index (χ1n) is 8.55. The molecule has 0 saturated heterocycles. The van der Waals surface area contributed by atoms with Gasteiger partial charge >= 0.3 is 6.03 Å². The monoisotopic (exact) mass is 359 g/mol. The van der Waals surface area contributed by atoms with E-state index in [1.165, 1.54) is 0 Å². The van der Waals surface area contributed by atoms with Crippen LogP contribution in [0.25, 0.3) is 22.2 Å². The second kappa shape index (κ2) is 7.65. The number of hydrogen-bond donors (Lipinski definition) is 2. The number of carbonyl (C=O) groups is 1. The molecule has 0 spiro atoms. The molecule has 0 bridgehead atoms. The molecule has 0 aliphatic carbocycles. The van der Waals surface area contributed by atoms with Crippen LogP contribution in [0, 0.1) is 0 Å². The van der Waals surface area contributed by atoms with Crippen LogP contribution in [0.5, 0.6) is 0 Å². The molecular weight excluding hydrogens is 342 g/mol. The van der Waals surface area contributed by atoms with E-state index in [0.717, 1.165) is 22.0 Å². The molecule has 0 aliphatic rings. The van der Waals surface area contributed by atoms with Gasteiger partial charge < -0.3 is 15.1 Å². The fourth-order valence-corrected chi connectivity index (χ4v) is 2.73. The Morgan fingerprint density at radius 2 is 1.89 bits per heavy atom. The third-order valence-corrected chi connectivity index (χ3v) is 4.04. The molecule has 0 unspecified atom stereocenters. The average Bonchev–Trinajstić information content (AvgIpc) is 3.18. The number of aromatic nitrogens is 3. The zero-order valence-corrected chi connectivity index (χ0v) is 14.4. The minimum absolute atomic E-state index is 0.290. The molecule has 4 aromatic rings. The lowest BCUT2D eigenvalue weighted by Gasteiger charge is -2.09. The normalized spacial score (nSPS) is 10.7. The van der Waals surface area contributed by atoms with Crippen molar-refractivity contribution in [2.24, 2.45) is 0 Å². The van der Waals surface area contributed by atoms with E-state index in [4.69, 9.17) is 4.42 Å². The molecule has 134 valence electrons. The number of fused-ring (bicyclic) bond motifs is 1. The fourth-order valence-electron chi connectivity index (χ4n) is 2.73. The Kier molecular flexibility index (Phi) is 4.74. The zero-order chi connectivity index (χ0) is 18.5. The molecule has 27 heavy (non-hydrogen) atoms. The Balaban J connectivity index is 1.33. The summed E-state index contributed by atoms with van der Waals surface area (Å²) < 4.78 is 5.63. The highest BCUT2D eigenvalue weighted by atomic mass is 16.4. The highest BCUT2D eigenvalue weighted by Gasteiger charge is 2.09. The summed E-state index contributed by atoms with van der Waals surface area (Å²) >= 11 is 0. The molecule has 7 nitrogen and oxygen atoms in total. The summed E-state index contributed by atoms with van der Waals surface area (Å²) in [5.41, 5.74) is 1.60. The lowest BCUT2D eigenvalue weighted by molar-refractivity contribution is 0.252. The maximum absolute atomic E-state index is 12.2. The summed E-state index contributed by atoms with van der Waals surface area (Å²) in [5, 5.41) is 15.6. The summed E-state index contributed by atoms with van der Waals surface area (Å²) in [6.45, 7) is 0.384. The van der Waals surface area contributed by atoms with Gasteiger partial charge in [0.2, 0.25) is 11.8 Å². The van der Waals surface area contributed by atoms with Crippen molar-refractivity contribution in [1.29, 1.82) is 0 Å². The molecule has 0 radical (unpaired) electrons. The van der Waals surface area contributed by atoms with Crippen molar-refractivity contribution in [1.82, 2.24) is 20.5 Å². The molecule has 2 amide bonds. The quantitative estimate of drug-likeness (QED) is 0.567. The predicted molar refractivity (Wildman–Crippen MR) is 102 cm³/mol. The first-order chi connectivity index (χ1) is 13.3. The maximum Gasteiger partial charge on any atom is 0.319 e. The topological polar surface area (TPSA) is 92.9 Å². The van der Waals surface area contributed by atoms with Crippen molar-refractivity contribution < 1.29 is 9.21 Å². The molecule has 2 N–H and O–H groups in total. The van der Waals surface area contributed by atoms with Gasteiger partial charge in [-0.15, -0.1) is 10.2 Å². The number of amides is 2. The molecule has 0 fully saturated rings. The zero-order valence-electron chi connectivity index (χ0n) is 14.4. The van der Waals surface area contributed by atoms with E-state index in [1.54, 1.807) is 12.4 Å². The summed E-state index contributed by atoms with van der Waals surface area (Å²) in [5.74, 6) is 0.949. The SMILES string of the molecule is O=C(NCCc1nnc(-c2ccccc2)o1)Nc1cccc2cnccc12. The van der Waals surface area contributed by atoms with Crippen LogP contribution in [0.3, 0.4) is 0 Å². The smallest absolute Gasteiger partial charge is 0.319 e. The van der Waals surface area contributed by atoms with Gasteiger partial charge in [0.1, 0.15) is 0 Å². The minimum Gasteiger partial charge on any atom is -0.421 e. The fraction of sp³-hybridized carbons (Fsp3) is 0.100. The van der Waals surface area contributed by atoms with Gasteiger partial charge in [0.05, 0.1) is 5.69 Å². The van der Waals surface area contributed by atoms with Gasteiger partial charge in [-0.2, -0.15) is 0 Å². The number of hydrogen-bond acceptors (Lipinski definition) is 5. The summed E-state index contributed by atoms with van der Waals surface area (Å²) in [6.07, 6.45) is 3.91. The Morgan fingerprint density at radius 1 is 1.00 bits per heavy atom. The van der Waals surface area contributed by atoms with Crippen molar-refractivity contribution in [2.45, 2.75) is 6.42 Å². The number of urea groups is 1. The highest BCUT2D eigenvalue weighted by Crippen LogP contribution is 2.22. The molecule has 2 aromatic heterocycles. The predicted octanol–water partition coefficient (Wildman–Crippen LogP) is 3.65. The Hall–Kier alpha value is -3.74. The van der Waals surface area contributed by atoms with Gasteiger partial charge in [-0.3, -0.25) is 4.98 Å². The summed E-state index contributed by atoms with van der Waals surface area (Å²) in [7, 11) is 0. The van der Waals surface area contributed by atoms with Gasteiger partial charge in [-0.05, 0) is 24.3 Å². The van der Waals surface area contributed by atoms with Crippen molar-refractivity contribution in [3.8, 4) is 11.5 Å². The molecule has 0 atom stereocenters. The third-order valence-electron chi connectivity index (χ3n) is 4.04. The highest BCUT2D eigenvalue weighted by molar-refractivity contribution is 6.01. The van der Waals surface area contributed by atoms with E-state index in [0.29, 0.717) is 24.7 Å². The number of rotatable bonds is 5. The van der Waals surface area contributed by atoms with Crippen molar-refractivity contribution in [3.63, 3.8) is 0 Å². The summed E-state index contributed by atoms with van der Waals surface area (Å²) in [6, 6.07) is 16.8. The lowest BCUT2D eigenvalue weighted by atomic mass is 10.1. The van der Waals surface area contributed by atoms with Crippen molar-refractivity contribution in [3.05, 3.63) is 72.9 Å². The van der Waals surface area contributed by atoms with Crippen molar-refractivity contribution >= 4 is 22.5 Å². The van der Waals surface area contributed by atoms with Crippen LogP contribution in [-0.4, -0.2) is 27.8 Å². The standard InChI is InChI=1S/C20H17N5O2/c26-20(23-17-8-4-7-15-13-21-11-9-16(15)17)22-12-10-18-24-25-19(27-18)14-5-2-1-3-6-14/h1-9,11,13H,10,12H2,(H2,22,23,26). The molecule has 0 aliphatic heterocycles. The number of nitrogens with zero attached hydrogens (tertiary/aromatic N) is 3. The van der Waals surface area contributed by atoms with E-state index in [-0.39, 0.29) is 6.03 Å². The van der Waals surface area contributed by atoms with Crippen LogP contribution in [0.4, 0.5) is 10.5 Å². The molecule has 0 saturated carbocycles. The average molecular weight is 359 g/mol. The van der Waals surface area contributed by atoms with Crippen molar-refractivity contribution in [2.75, 3.05) is 11.9 Å². The number of nitrogens with one attached hydrogen (secondary N) is 2. The van der Waals surface area contributed by atoms with E-state index in [9.17, 15) is 4.79 Å². The first-order valence-corrected chi connectivity index (χ1v) is 8.55. The van der Waals surface area contributed by atoms with E-state index in [1.807, 2.05) is 54.6 Å². The van der Waals surface area contributed by atoms with Crippen LogP contribution >= 0.6 is 0 Å². The van der Waals surface area contributed by atoms with Gasteiger partial charge in [0, 0.05) is 41.7 Å². The number of carbonyl (C=O) groups excluding carboxylic acids is 1. The second-order valence-corrected chi connectivity index (χ2v) is 5.90. The Morgan fingerprint density at radius 3 is 2.78 bits per heavy atom. The number of benzene rings is 2. The minimum atomic E-state index is -0.290. The molecule has 7 heteroatoms. The Bertz CT molecular complexity index is 1060. The van der Waals surface area contributed by atoms with E-state index >= 15 is 0 Å². The number of pyridine rings is 1. The van der Waals surface area contributed by atoms with Crippen LogP contribution in [0.1, 0.15) is 5.89 Å². The first kappa shape index (κ1) is 16.7. The van der Waals surface area contributed by atoms with Crippen LogP contribution < -0.4 is 10.6 Å². The van der Waals surface area contributed by atoms with Crippen LogP contribution in [0.15, 0.2) is 71.4 Å². The second-order valence-electron chi connectivity index (χ2n) is 5.90. The van der Waals surface area contributed by atoms with E-state index in [2.05, 4.69) is 25.8 Å². The third kappa shape index (κ3) is 3.92. The van der Waals surface area contributed by atoms with Crippen LogP contribution in [-0.2, 0) is 6.42 Å². The molecule has 4 rings (SSSR count). The summed E-state index contributed by atoms with van der Waals surface area (Å²) in [4.78, 5) is 16.3. The van der Waals surface area contributed by atoms with Gasteiger partial charge in [-0.25, -0.2) is 4.79 Å².